The third-order valence-electron chi connectivity index (χ3n) is 3.73. The summed E-state index contributed by atoms with van der Waals surface area (Å²) in [4.78, 5) is 24.2. The van der Waals surface area contributed by atoms with Gasteiger partial charge in [0.15, 0.2) is 6.29 Å². The summed E-state index contributed by atoms with van der Waals surface area (Å²) in [5, 5.41) is 1.87. The molecule has 0 aliphatic rings. The van der Waals surface area contributed by atoms with E-state index in [-0.39, 0.29) is 12.4 Å². The van der Waals surface area contributed by atoms with Gasteiger partial charge in [-0.05, 0) is 30.7 Å². The summed E-state index contributed by atoms with van der Waals surface area (Å²) in [6, 6.07) is 9.59. The van der Waals surface area contributed by atoms with Crippen LogP contribution in [0.3, 0.4) is 0 Å². The molecule has 0 saturated heterocycles. The lowest BCUT2D eigenvalue weighted by atomic mass is 10.1. The fourth-order valence-corrected chi connectivity index (χ4v) is 3.63. The largest absolute Gasteiger partial charge is 0.494 e. The maximum atomic E-state index is 11.7. The zero-order valence-electron chi connectivity index (χ0n) is 13.4. The van der Waals surface area contributed by atoms with E-state index in [2.05, 4.69) is 0 Å². The summed E-state index contributed by atoms with van der Waals surface area (Å²) in [5.41, 5.74) is 3.00. The number of esters is 1. The summed E-state index contributed by atoms with van der Waals surface area (Å²) in [5.74, 6) is 0.427. The highest BCUT2D eigenvalue weighted by Crippen LogP contribution is 2.32. The van der Waals surface area contributed by atoms with Crippen molar-refractivity contribution < 1.29 is 19.1 Å². The Morgan fingerprint density at radius 2 is 2.17 bits per heavy atom. The van der Waals surface area contributed by atoms with E-state index in [9.17, 15) is 9.59 Å². The van der Waals surface area contributed by atoms with Gasteiger partial charge in [-0.25, -0.2) is 0 Å². The van der Waals surface area contributed by atoms with Gasteiger partial charge in [-0.3, -0.25) is 9.59 Å². The second kappa shape index (κ2) is 6.88. The highest BCUT2D eigenvalue weighted by atomic mass is 32.1. The third-order valence-corrected chi connectivity index (χ3v) is 4.66. The van der Waals surface area contributed by atoms with E-state index >= 15 is 0 Å². The zero-order valence-corrected chi connectivity index (χ0v) is 14.3. The minimum Gasteiger partial charge on any atom is -0.494 e. The van der Waals surface area contributed by atoms with Crippen molar-refractivity contribution in [2.24, 2.45) is 0 Å². The van der Waals surface area contributed by atoms with E-state index in [1.54, 1.807) is 0 Å². The standard InChI is InChI=1S/C18H17NO4S/c1-3-23-14-6-4-5-12(7-14)15-9-17-19(16(15)10-20)13(11-24-17)8-18(21)22-2/h4-7,9-11H,3,8H2,1-2H3. The van der Waals surface area contributed by atoms with Crippen LogP contribution in [0.2, 0.25) is 0 Å². The average molecular weight is 343 g/mol. The van der Waals surface area contributed by atoms with Gasteiger partial charge >= 0.3 is 5.97 Å². The van der Waals surface area contributed by atoms with Crippen molar-refractivity contribution in [3.05, 3.63) is 47.1 Å². The Bertz CT molecular complexity index is 894. The van der Waals surface area contributed by atoms with Gasteiger partial charge in [-0.2, -0.15) is 0 Å². The summed E-state index contributed by atoms with van der Waals surface area (Å²) >= 11 is 1.49. The van der Waals surface area contributed by atoms with E-state index in [1.165, 1.54) is 18.4 Å². The van der Waals surface area contributed by atoms with Crippen molar-refractivity contribution in [2.45, 2.75) is 13.3 Å². The molecule has 0 unspecified atom stereocenters. The Morgan fingerprint density at radius 1 is 1.33 bits per heavy atom. The zero-order chi connectivity index (χ0) is 17.1. The molecule has 0 fully saturated rings. The number of aromatic nitrogens is 1. The van der Waals surface area contributed by atoms with Gasteiger partial charge < -0.3 is 13.9 Å². The minimum atomic E-state index is -0.333. The molecule has 6 heteroatoms. The molecule has 0 bridgehead atoms. The number of rotatable bonds is 6. The first-order valence-corrected chi connectivity index (χ1v) is 8.43. The number of hydrogen-bond acceptors (Lipinski definition) is 5. The molecule has 5 nitrogen and oxygen atoms in total. The number of nitrogens with zero attached hydrogens (tertiary/aromatic N) is 1. The molecule has 0 spiro atoms. The molecule has 2 aromatic heterocycles. The molecule has 24 heavy (non-hydrogen) atoms. The number of ether oxygens (including phenoxy) is 2. The molecule has 0 atom stereocenters. The van der Waals surface area contributed by atoms with Crippen LogP contribution in [0, 0.1) is 0 Å². The predicted octanol–water partition coefficient (Wildman–Crippen LogP) is 3.59. The number of carbonyl (C=O) groups excluding carboxylic acids is 2. The van der Waals surface area contributed by atoms with Crippen molar-refractivity contribution in [1.29, 1.82) is 0 Å². The van der Waals surface area contributed by atoms with Gasteiger partial charge in [0.1, 0.15) is 10.6 Å². The van der Waals surface area contributed by atoms with Crippen LogP contribution in [0.15, 0.2) is 35.7 Å². The molecule has 0 radical (unpaired) electrons. The summed E-state index contributed by atoms with van der Waals surface area (Å²) in [6.07, 6.45) is 0.952. The quantitative estimate of drug-likeness (QED) is 0.507. The lowest BCUT2D eigenvalue weighted by molar-refractivity contribution is -0.139. The number of carbonyl (C=O) groups is 2. The summed E-state index contributed by atoms with van der Waals surface area (Å²) in [7, 11) is 1.35. The molecular weight excluding hydrogens is 326 g/mol. The van der Waals surface area contributed by atoms with Gasteiger partial charge in [0, 0.05) is 16.6 Å². The average Bonchev–Trinajstić information content (AvgIpc) is 3.15. The minimum absolute atomic E-state index is 0.129. The highest BCUT2D eigenvalue weighted by molar-refractivity contribution is 7.15. The number of hydrogen-bond donors (Lipinski definition) is 0. The van der Waals surface area contributed by atoms with E-state index in [1.807, 2.05) is 47.0 Å². The van der Waals surface area contributed by atoms with Gasteiger partial charge in [0.25, 0.3) is 0 Å². The number of thiazole rings is 1. The SMILES string of the molecule is CCOc1cccc(-c2cc3scc(CC(=O)OC)n3c2C=O)c1. The lowest BCUT2D eigenvalue weighted by Gasteiger charge is -2.06. The van der Waals surface area contributed by atoms with Crippen molar-refractivity contribution in [2.75, 3.05) is 13.7 Å². The van der Waals surface area contributed by atoms with E-state index in [0.717, 1.165) is 33.7 Å². The fourth-order valence-electron chi connectivity index (χ4n) is 2.67. The van der Waals surface area contributed by atoms with Crippen LogP contribution < -0.4 is 4.74 Å². The second-order valence-electron chi connectivity index (χ2n) is 5.18. The second-order valence-corrected chi connectivity index (χ2v) is 6.07. The topological polar surface area (TPSA) is 57.0 Å². The van der Waals surface area contributed by atoms with E-state index in [4.69, 9.17) is 9.47 Å². The van der Waals surface area contributed by atoms with Crippen molar-refractivity contribution >= 4 is 28.4 Å². The molecule has 0 saturated carbocycles. The molecule has 2 heterocycles. The Kier molecular flexibility index (Phi) is 4.66. The van der Waals surface area contributed by atoms with Crippen LogP contribution in [0.25, 0.3) is 16.0 Å². The number of fused-ring (bicyclic) bond motifs is 1. The summed E-state index contributed by atoms with van der Waals surface area (Å²) in [6.45, 7) is 2.51. The molecule has 0 aliphatic heterocycles. The third kappa shape index (κ3) is 2.92. The first kappa shape index (κ1) is 16.3. The Balaban J connectivity index is 2.10. The fraction of sp³-hybridized carbons (Fsp3) is 0.222. The van der Waals surface area contributed by atoms with Crippen molar-refractivity contribution in [3.8, 4) is 16.9 Å². The number of benzene rings is 1. The Labute approximate surface area is 143 Å². The van der Waals surface area contributed by atoms with Gasteiger partial charge in [-0.15, -0.1) is 11.3 Å². The molecular formula is C18H17NO4S. The lowest BCUT2D eigenvalue weighted by Crippen LogP contribution is -2.07. The van der Waals surface area contributed by atoms with Gasteiger partial charge in [0.2, 0.25) is 0 Å². The van der Waals surface area contributed by atoms with Crippen LogP contribution in [0.4, 0.5) is 0 Å². The van der Waals surface area contributed by atoms with Crippen LogP contribution in [0.1, 0.15) is 23.1 Å². The van der Waals surface area contributed by atoms with Gasteiger partial charge in [0.05, 0.1) is 25.8 Å². The van der Waals surface area contributed by atoms with Crippen molar-refractivity contribution in [3.63, 3.8) is 0 Å². The maximum absolute atomic E-state index is 11.7. The van der Waals surface area contributed by atoms with Crippen LogP contribution in [-0.2, 0) is 16.0 Å². The molecule has 124 valence electrons. The van der Waals surface area contributed by atoms with E-state index in [0.29, 0.717) is 12.3 Å². The molecule has 3 rings (SSSR count). The van der Waals surface area contributed by atoms with Gasteiger partial charge in [-0.1, -0.05) is 12.1 Å². The van der Waals surface area contributed by atoms with Crippen LogP contribution >= 0.6 is 11.3 Å². The van der Waals surface area contributed by atoms with E-state index < -0.39 is 0 Å². The monoisotopic (exact) mass is 343 g/mol. The smallest absolute Gasteiger partial charge is 0.311 e. The Hall–Kier alpha value is -2.60. The van der Waals surface area contributed by atoms with Crippen molar-refractivity contribution in [1.82, 2.24) is 4.40 Å². The maximum Gasteiger partial charge on any atom is 0.311 e. The Morgan fingerprint density at radius 3 is 2.88 bits per heavy atom. The first-order chi connectivity index (χ1) is 11.7. The predicted molar refractivity (Wildman–Crippen MR) is 93.0 cm³/mol. The first-order valence-electron chi connectivity index (χ1n) is 7.55. The molecule has 0 amide bonds. The molecule has 0 N–H and O–H groups in total. The molecule has 1 aromatic carbocycles. The molecule has 0 aliphatic carbocycles. The molecule has 3 aromatic rings. The summed E-state index contributed by atoms with van der Waals surface area (Å²) < 4.78 is 12.1. The van der Waals surface area contributed by atoms with Crippen LogP contribution in [-0.4, -0.2) is 30.4 Å². The number of aldehydes is 1. The number of methoxy groups -OCH3 is 1. The highest BCUT2D eigenvalue weighted by Gasteiger charge is 2.17. The normalized spacial score (nSPS) is 10.8. The van der Waals surface area contributed by atoms with Crippen LogP contribution in [0.5, 0.6) is 5.75 Å².